The summed E-state index contributed by atoms with van der Waals surface area (Å²) in [6.45, 7) is 7.87. The molecule has 0 aromatic carbocycles. The Morgan fingerprint density at radius 2 is 2.35 bits per heavy atom. The molecule has 0 amide bonds. The zero-order valence-electron chi connectivity index (χ0n) is 10.3. The van der Waals surface area contributed by atoms with Gasteiger partial charge in [0.25, 0.3) is 0 Å². The van der Waals surface area contributed by atoms with Crippen LogP contribution in [0.25, 0.3) is 0 Å². The van der Waals surface area contributed by atoms with E-state index in [4.69, 9.17) is 9.47 Å². The Hall–Kier alpha value is -1.69. The van der Waals surface area contributed by atoms with Gasteiger partial charge in [-0.3, -0.25) is 0 Å². The van der Waals surface area contributed by atoms with Gasteiger partial charge in [-0.2, -0.15) is 0 Å². The van der Waals surface area contributed by atoms with E-state index in [1.54, 1.807) is 18.7 Å². The van der Waals surface area contributed by atoms with Gasteiger partial charge < -0.3 is 9.47 Å². The minimum Gasteiger partial charge on any atom is -0.457 e. The SMILES string of the molecule is C=CCOC(=O)c1nnn(CC(C)OC)c1C. The third kappa shape index (κ3) is 3.39. The first-order valence-electron chi connectivity index (χ1n) is 5.31. The van der Waals surface area contributed by atoms with Crippen LogP contribution in [-0.4, -0.2) is 40.8 Å². The van der Waals surface area contributed by atoms with Crippen LogP contribution in [0.1, 0.15) is 23.1 Å². The fraction of sp³-hybridized carbons (Fsp3) is 0.545. The lowest BCUT2D eigenvalue weighted by atomic mass is 10.3. The Morgan fingerprint density at radius 3 is 2.94 bits per heavy atom. The molecule has 0 spiro atoms. The van der Waals surface area contributed by atoms with Crippen molar-refractivity contribution in [3.63, 3.8) is 0 Å². The summed E-state index contributed by atoms with van der Waals surface area (Å²) in [5.41, 5.74) is 0.901. The molecule has 94 valence electrons. The molecule has 0 fully saturated rings. The average Bonchev–Trinajstić information content (AvgIpc) is 2.68. The van der Waals surface area contributed by atoms with E-state index < -0.39 is 5.97 Å². The first-order chi connectivity index (χ1) is 8.10. The van der Waals surface area contributed by atoms with Crippen LogP contribution in [0.3, 0.4) is 0 Å². The molecule has 0 bridgehead atoms. The zero-order valence-corrected chi connectivity index (χ0v) is 10.3. The quantitative estimate of drug-likeness (QED) is 0.546. The van der Waals surface area contributed by atoms with Gasteiger partial charge in [0.1, 0.15) is 6.61 Å². The third-order valence-electron chi connectivity index (χ3n) is 2.34. The Morgan fingerprint density at radius 1 is 1.65 bits per heavy atom. The monoisotopic (exact) mass is 239 g/mol. The number of hydrogen-bond donors (Lipinski definition) is 0. The van der Waals surface area contributed by atoms with Crippen LogP contribution in [0, 0.1) is 6.92 Å². The van der Waals surface area contributed by atoms with Crippen LogP contribution < -0.4 is 0 Å². The number of esters is 1. The summed E-state index contributed by atoms with van der Waals surface area (Å²) >= 11 is 0. The van der Waals surface area contributed by atoms with Crippen LogP contribution in [0.4, 0.5) is 0 Å². The molecule has 0 aliphatic carbocycles. The highest BCUT2D eigenvalue weighted by Gasteiger charge is 2.18. The van der Waals surface area contributed by atoms with E-state index in [1.807, 2.05) is 6.92 Å². The van der Waals surface area contributed by atoms with Crippen molar-refractivity contribution in [3.8, 4) is 0 Å². The van der Waals surface area contributed by atoms with Crippen LogP contribution in [0.5, 0.6) is 0 Å². The summed E-state index contributed by atoms with van der Waals surface area (Å²) in [6.07, 6.45) is 1.51. The maximum Gasteiger partial charge on any atom is 0.361 e. The van der Waals surface area contributed by atoms with Crippen molar-refractivity contribution in [2.75, 3.05) is 13.7 Å². The molecule has 0 aliphatic heterocycles. The molecule has 1 heterocycles. The van der Waals surface area contributed by atoms with E-state index >= 15 is 0 Å². The van der Waals surface area contributed by atoms with Crippen LogP contribution in [-0.2, 0) is 16.0 Å². The summed E-state index contributed by atoms with van der Waals surface area (Å²) in [5, 5.41) is 7.70. The van der Waals surface area contributed by atoms with Gasteiger partial charge in [0.15, 0.2) is 5.69 Å². The number of carbonyl (C=O) groups is 1. The fourth-order valence-electron chi connectivity index (χ4n) is 1.24. The van der Waals surface area contributed by atoms with Crippen molar-refractivity contribution >= 4 is 5.97 Å². The Labute approximate surface area is 100 Å². The van der Waals surface area contributed by atoms with Crippen molar-refractivity contribution in [3.05, 3.63) is 24.0 Å². The van der Waals surface area contributed by atoms with Crippen LogP contribution in [0.2, 0.25) is 0 Å². The number of carbonyl (C=O) groups excluding carboxylic acids is 1. The molecule has 1 unspecified atom stereocenters. The van der Waals surface area contributed by atoms with E-state index in [9.17, 15) is 4.79 Å². The first-order valence-corrected chi connectivity index (χ1v) is 5.31. The number of nitrogens with zero attached hydrogens (tertiary/aromatic N) is 3. The van der Waals surface area contributed by atoms with Gasteiger partial charge in [-0.1, -0.05) is 17.9 Å². The Bertz CT molecular complexity index is 401. The van der Waals surface area contributed by atoms with E-state index in [-0.39, 0.29) is 18.4 Å². The number of aromatic nitrogens is 3. The van der Waals surface area contributed by atoms with Crippen LogP contribution >= 0.6 is 0 Å². The third-order valence-corrected chi connectivity index (χ3v) is 2.34. The highest BCUT2D eigenvalue weighted by atomic mass is 16.5. The lowest BCUT2D eigenvalue weighted by Gasteiger charge is -2.09. The highest BCUT2D eigenvalue weighted by Crippen LogP contribution is 2.07. The van der Waals surface area contributed by atoms with E-state index in [1.165, 1.54) is 6.08 Å². The van der Waals surface area contributed by atoms with Gasteiger partial charge in [-0.25, -0.2) is 9.48 Å². The molecule has 1 aromatic heterocycles. The van der Waals surface area contributed by atoms with Crippen LogP contribution in [0.15, 0.2) is 12.7 Å². The standard InChI is InChI=1S/C11H17N3O3/c1-5-6-17-11(15)10-9(3)14(13-12-10)7-8(2)16-4/h5,8H,1,6-7H2,2-4H3. The van der Waals surface area contributed by atoms with E-state index in [2.05, 4.69) is 16.9 Å². The molecule has 6 nitrogen and oxygen atoms in total. The molecule has 1 rings (SSSR count). The molecule has 1 aromatic rings. The number of rotatable bonds is 6. The Kier molecular flexibility index (Phi) is 4.84. The second-order valence-electron chi connectivity index (χ2n) is 3.64. The Balaban J connectivity index is 2.76. The topological polar surface area (TPSA) is 66.2 Å². The predicted molar refractivity (Wildman–Crippen MR) is 61.7 cm³/mol. The summed E-state index contributed by atoms with van der Waals surface area (Å²) in [4.78, 5) is 11.6. The molecule has 0 aliphatic rings. The fourth-order valence-corrected chi connectivity index (χ4v) is 1.24. The highest BCUT2D eigenvalue weighted by molar-refractivity contribution is 5.88. The minimum atomic E-state index is -0.487. The second-order valence-corrected chi connectivity index (χ2v) is 3.64. The maximum atomic E-state index is 11.6. The smallest absolute Gasteiger partial charge is 0.361 e. The minimum absolute atomic E-state index is 0.00689. The predicted octanol–water partition coefficient (Wildman–Crippen LogP) is 0.964. The molecule has 17 heavy (non-hydrogen) atoms. The lowest BCUT2D eigenvalue weighted by Crippen LogP contribution is -2.17. The molecule has 0 saturated carbocycles. The van der Waals surface area contributed by atoms with Crippen molar-refractivity contribution in [2.24, 2.45) is 0 Å². The number of hydrogen-bond acceptors (Lipinski definition) is 5. The van der Waals surface area contributed by atoms with E-state index in [0.29, 0.717) is 12.2 Å². The van der Waals surface area contributed by atoms with Crippen molar-refractivity contribution in [1.29, 1.82) is 0 Å². The van der Waals surface area contributed by atoms with Gasteiger partial charge >= 0.3 is 5.97 Å². The second kappa shape index (κ2) is 6.15. The number of methoxy groups -OCH3 is 1. The number of ether oxygens (including phenoxy) is 2. The molecule has 0 saturated heterocycles. The van der Waals surface area contributed by atoms with Crippen molar-refractivity contribution in [2.45, 2.75) is 26.5 Å². The summed E-state index contributed by atoms with van der Waals surface area (Å²) in [6, 6.07) is 0. The van der Waals surface area contributed by atoms with Crippen molar-refractivity contribution < 1.29 is 14.3 Å². The molecular weight excluding hydrogens is 222 g/mol. The molecule has 1 atom stereocenters. The summed E-state index contributed by atoms with van der Waals surface area (Å²) in [5.74, 6) is -0.487. The molecular formula is C11H17N3O3. The largest absolute Gasteiger partial charge is 0.457 e. The van der Waals surface area contributed by atoms with Gasteiger partial charge in [-0.15, -0.1) is 5.10 Å². The summed E-state index contributed by atoms with van der Waals surface area (Å²) < 4.78 is 11.6. The first kappa shape index (κ1) is 13.4. The van der Waals surface area contributed by atoms with Gasteiger partial charge in [-0.05, 0) is 13.8 Å². The normalized spacial score (nSPS) is 12.2. The molecule has 0 radical (unpaired) electrons. The van der Waals surface area contributed by atoms with Gasteiger partial charge in [0, 0.05) is 7.11 Å². The van der Waals surface area contributed by atoms with Gasteiger partial charge in [0.05, 0.1) is 18.3 Å². The lowest BCUT2D eigenvalue weighted by molar-refractivity contribution is 0.0541. The average molecular weight is 239 g/mol. The molecule has 0 N–H and O–H groups in total. The van der Waals surface area contributed by atoms with E-state index in [0.717, 1.165) is 0 Å². The molecule has 6 heteroatoms. The maximum absolute atomic E-state index is 11.6. The zero-order chi connectivity index (χ0) is 12.8. The van der Waals surface area contributed by atoms with Gasteiger partial charge in [0.2, 0.25) is 0 Å². The summed E-state index contributed by atoms with van der Waals surface area (Å²) in [7, 11) is 1.62. The van der Waals surface area contributed by atoms with Crippen molar-refractivity contribution in [1.82, 2.24) is 15.0 Å².